The number of hydrogen-bond acceptors (Lipinski definition) is 0. The molecule has 0 saturated heterocycles. The Morgan fingerprint density at radius 3 is 2.38 bits per heavy atom. The van der Waals surface area contributed by atoms with Crippen LogP contribution in [0.4, 0.5) is 0 Å². The number of allylic oxidation sites excluding steroid dienone is 3. The zero-order valence-electron chi connectivity index (χ0n) is 9.31. The van der Waals surface area contributed by atoms with Crippen molar-refractivity contribution in [1.29, 1.82) is 0 Å². The van der Waals surface area contributed by atoms with Crippen LogP contribution in [0.1, 0.15) is 58.8 Å². The molecule has 0 spiro atoms. The van der Waals surface area contributed by atoms with E-state index >= 15 is 0 Å². The van der Waals surface area contributed by atoms with Crippen LogP contribution in [0.15, 0.2) is 24.3 Å². The van der Waals surface area contributed by atoms with Gasteiger partial charge in [-0.1, -0.05) is 50.8 Å². The van der Waals surface area contributed by atoms with Crippen LogP contribution in [0.2, 0.25) is 0 Å². The van der Waals surface area contributed by atoms with Crippen molar-refractivity contribution in [3.63, 3.8) is 0 Å². The van der Waals surface area contributed by atoms with Crippen LogP contribution >= 0.6 is 0 Å². The minimum Gasteiger partial charge on any atom is -0.103 e. The van der Waals surface area contributed by atoms with Crippen LogP contribution < -0.4 is 0 Å². The summed E-state index contributed by atoms with van der Waals surface area (Å²) in [6.07, 6.45) is 13.3. The Balaban J connectivity index is 3.75. The SMILES string of the molecule is C=CCC(=CCCCC)CCCC. The summed E-state index contributed by atoms with van der Waals surface area (Å²) >= 11 is 0. The van der Waals surface area contributed by atoms with Gasteiger partial charge in [0.2, 0.25) is 0 Å². The third-order valence-electron chi connectivity index (χ3n) is 2.25. The van der Waals surface area contributed by atoms with E-state index in [1.807, 2.05) is 6.08 Å². The largest absolute Gasteiger partial charge is 0.103 e. The van der Waals surface area contributed by atoms with E-state index in [-0.39, 0.29) is 0 Å². The van der Waals surface area contributed by atoms with Crippen LogP contribution in [0.5, 0.6) is 0 Å². The fraction of sp³-hybridized carbons (Fsp3) is 0.692. The summed E-state index contributed by atoms with van der Waals surface area (Å²) in [6.45, 7) is 8.29. The van der Waals surface area contributed by atoms with E-state index in [1.165, 1.54) is 38.5 Å². The van der Waals surface area contributed by atoms with E-state index in [1.54, 1.807) is 5.57 Å². The van der Waals surface area contributed by atoms with Crippen molar-refractivity contribution in [2.24, 2.45) is 0 Å². The molecule has 0 aliphatic heterocycles. The summed E-state index contributed by atoms with van der Waals surface area (Å²) in [6, 6.07) is 0. The zero-order chi connectivity index (χ0) is 9.94. The number of rotatable bonds is 8. The second kappa shape index (κ2) is 9.57. The molecule has 0 heterocycles. The van der Waals surface area contributed by atoms with Gasteiger partial charge in [-0.05, 0) is 25.7 Å². The summed E-state index contributed by atoms with van der Waals surface area (Å²) in [7, 11) is 0. The lowest BCUT2D eigenvalue weighted by molar-refractivity contribution is 0.757. The molecular formula is C13H24. The lowest BCUT2D eigenvalue weighted by Crippen LogP contribution is -1.83. The molecule has 0 unspecified atom stereocenters. The first-order valence-electron chi connectivity index (χ1n) is 5.63. The molecule has 0 amide bonds. The fourth-order valence-corrected chi connectivity index (χ4v) is 1.39. The second-order valence-electron chi connectivity index (χ2n) is 3.60. The first kappa shape index (κ1) is 12.5. The molecule has 0 rings (SSSR count). The fourth-order valence-electron chi connectivity index (χ4n) is 1.39. The summed E-state index contributed by atoms with van der Waals surface area (Å²) in [5, 5.41) is 0. The molecule has 0 aliphatic rings. The van der Waals surface area contributed by atoms with Crippen molar-refractivity contribution in [2.45, 2.75) is 58.8 Å². The minimum atomic E-state index is 1.09. The van der Waals surface area contributed by atoms with Crippen LogP contribution in [0, 0.1) is 0 Å². The standard InChI is InChI=1S/C13H24/c1-4-7-9-12-13(10-6-3)11-8-5-2/h6,12H,3-5,7-11H2,1-2H3. The van der Waals surface area contributed by atoms with Gasteiger partial charge in [-0.15, -0.1) is 6.58 Å². The molecule has 0 aliphatic carbocycles. The van der Waals surface area contributed by atoms with Gasteiger partial charge in [0.05, 0.1) is 0 Å². The van der Waals surface area contributed by atoms with Gasteiger partial charge in [0.15, 0.2) is 0 Å². The van der Waals surface area contributed by atoms with Gasteiger partial charge in [-0.25, -0.2) is 0 Å². The molecule has 13 heavy (non-hydrogen) atoms. The monoisotopic (exact) mass is 180 g/mol. The molecule has 0 aromatic heterocycles. The topological polar surface area (TPSA) is 0 Å². The van der Waals surface area contributed by atoms with E-state index < -0.39 is 0 Å². The Morgan fingerprint density at radius 2 is 1.85 bits per heavy atom. The first-order valence-corrected chi connectivity index (χ1v) is 5.63. The summed E-state index contributed by atoms with van der Waals surface area (Å²) < 4.78 is 0. The third-order valence-corrected chi connectivity index (χ3v) is 2.25. The Kier molecular flexibility index (Phi) is 9.18. The Bertz CT molecular complexity index is 142. The van der Waals surface area contributed by atoms with Crippen molar-refractivity contribution in [1.82, 2.24) is 0 Å². The highest BCUT2D eigenvalue weighted by molar-refractivity contribution is 5.06. The van der Waals surface area contributed by atoms with Crippen molar-refractivity contribution in [3.05, 3.63) is 24.3 Å². The maximum absolute atomic E-state index is 3.80. The Labute approximate surface area is 83.7 Å². The Morgan fingerprint density at radius 1 is 1.15 bits per heavy atom. The van der Waals surface area contributed by atoms with E-state index in [0.717, 1.165) is 6.42 Å². The van der Waals surface area contributed by atoms with Crippen LogP contribution in [0.25, 0.3) is 0 Å². The van der Waals surface area contributed by atoms with Gasteiger partial charge >= 0.3 is 0 Å². The highest BCUT2D eigenvalue weighted by atomic mass is 14.0. The second-order valence-corrected chi connectivity index (χ2v) is 3.60. The molecule has 0 saturated carbocycles. The molecule has 0 aromatic carbocycles. The van der Waals surface area contributed by atoms with Crippen molar-refractivity contribution >= 4 is 0 Å². The maximum Gasteiger partial charge on any atom is -0.0142 e. The molecule has 0 nitrogen and oxygen atoms in total. The predicted octanol–water partition coefficient (Wildman–Crippen LogP) is 4.87. The average molecular weight is 180 g/mol. The number of hydrogen-bond donors (Lipinski definition) is 0. The Hall–Kier alpha value is -0.520. The molecule has 0 radical (unpaired) electrons. The van der Waals surface area contributed by atoms with E-state index in [4.69, 9.17) is 0 Å². The number of unbranched alkanes of at least 4 members (excludes halogenated alkanes) is 3. The highest BCUT2D eigenvalue weighted by Crippen LogP contribution is 2.13. The van der Waals surface area contributed by atoms with Gasteiger partial charge in [0.1, 0.15) is 0 Å². The highest BCUT2D eigenvalue weighted by Gasteiger charge is 1.93. The zero-order valence-corrected chi connectivity index (χ0v) is 9.31. The molecule has 76 valence electrons. The molecule has 0 fully saturated rings. The van der Waals surface area contributed by atoms with Gasteiger partial charge in [0.25, 0.3) is 0 Å². The van der Waals surface area contributed by atoms with Gasteiger partial charge in [-0.3, -0.25) is 0 Å². The van der Waals surface area contributed by atoms with Crippen LogP contribution in [0.3, 0.4) is 0 Å². The lowest BCUT2D eigenvalue weighted by Gasteiger charge is -2.03. The molecule has 0 N–H and O–H groups in total. The van der Waals surface area contributed by atoms with Gasteiger partial charge < -0.3 is 0 Å². The van der Waals surface area contributed by atoms with Gasteiger partial charge in [0, 0.05) is 0 Å². The minimum absolute atomic E-state index is 1.09. The normalized spacial score (nSPS) is 11.7. The molecule has 0 aromatic rings. The molecule has 0 atom stereocenters. The van der Waals surface area contributed by atoms with Crippen molar-refractivity contribution < 1.29 is 0 Å². The molecule has 0 heteroatoms. The summed E-state index contributed by atoms with van der Waals surface area (Å²) in [5.74, 6) is 0. The average Bonchev–Trinajstić information content (AvgIpc) is 2.14. The van der Waals surface area contributed by atoms with Crippen molar-refractivity contribution in [2.75, 3.05) is 0 Å². The lowest BCUT2D eigenvalue weighted by atomic mass is 10.0. The first-order chi connectivity index (χ1) is 6.35. The van der Waals surface area contributed by atoms with Crippen LogP contribution in [-0.4, -0.2) is 0 Å². The van der Waals surface area contributed by atoms with Gasteiger partial charge in [-0.2, -0.15) is 0 Å². The smallest absolute Gasteiger partial charge is 0.0142 e. The van der Waals surface area contributed by atoms with E-state index in [9.17, 15) is 0 Å². The maximum atomic E-state index is 3.80. The van der Waals surface area contributed by atoms with Crippen molar-refractivity contribution in [3.8, 4) is 0 Å². The quantitative estimate of drug-likeness (QED) is 0.369. The van der Waals surface area contributed by atoms with Crippen LogP contribution in [-0.2, 0) is 0 Å². The predicted molar refractivity (Wildman–Crippen MR) is 61.9 cm³/mol. The third kappa shape index (κ3) is 7.83. The summed E-state index contributed by atoms with van der Waals surface area (Å²) in [4.78, 5) is 0. The van der Waals surface area contributed by atoms with E-state index in [0.29, 0.717) is 0 Å². The summed E-state index contributed by atoms with van der Waals surface area (Å²) in [5.41, 5.74) is 1.59. The molecule has 0 bridgehead atoms. The van der Waals surface area contributed by atoms with E-state index in [2.05, 4.69) is 26.5 Å². The molecular weight excluding hydrogens is 156 g/mol.